The minimum atomic E-state index is -0.996. The molecule has 19 heavy (non-hydrogen) atoms. The summed E-state index contributed by atoms with van der Waals surface area (Å²) in [4.78, 5) is 12.3. The van der Waals surface area contributed by atoms with Gasteiger partial charge >= 0.3 is 0 Å². The summed E-state index contributed by atoms with van der Waals surface area (Å²) in [6.07, 6.45) is 3.07. The molecule has 0 aromatic carbocycles. The van der Waals surface area contributed by atoms with Gasteiger partial charge in [-0.05, 0) is 12.8 Å². The summed E-state index contributed by atoms with van der Waals surface area (Å²) in [6, 6.07) is 0. The van der Waals surface area contributed by atoms with Crippen molar-refractivity contribution in [3.05, 3.63) is 0 Å². The average molecular weight is 314 g/mol. The summed E-state index contributed by atoms with van der Waals surface area (Å²) in [5.74, 6) is -0.257. The maximum atomic E-state index is 11.7. The fraction of sp³-hybridized carbons (Fsp3) is 0.923. The molecular weight excluding hydrogens is 289 g/mol. The fourth-order valence-corrected chi connectivity index (χ4v) is 1.76. The van der Waals surface area contributed by atoms with E-state index in [9.17, 15) is 4.79 Å². The number of amides is 1. The van der Waals surface area contributed by atoms with Crippen LogP contribution in [0.2, 0.25) is 0 Å². The largest absolute Gasteiger partial charge is 0.379 e. The van der Waals surface area contributed by atoms with E-state index in [1.807, 2.05) is 6.92 Å². The fourth-order valence-electron chi connectivity index (χ4n) is 1.48. The van der Waals surface area contributed by atoms with Gasteiger partial charge in [0.1, 0.15) is 0 Å². The first kappa shape index (κ1) is 19.0. The predicted octanol–water partition coefficient (Wildman–Crippen LogP) is 2.86. The van der Waals surface area contributed by atoms with Crippen LogP contribution in [0.25, 0.3) is 0 Å². The van der Waals surface area contributed by atoms with E-state index >= 15 is 0 Å². The molecule has 0 saturated heterocycles. The number of carbonyl (C=O) groups excluding carboxylic acids is 1. The first-order chi connectivity index (χ1) is 9.13. The molecule has 0 N–H and O–H groups in total. The lowest BCUT2D eigenvalue weighted by Gasteiger charge is -2.22. The highest BCUT2D eigenvalue weighted by Gasteiger charge is 2.18. The minimum absolute atomic E-state index is 0.257. The number of halogens is 2. The molecule has 0 rings (SSSR count). The maximum absolute atomic E-state index is 11.7. The summed E-state index contributed by atoms with van der Waals surface area (Å²) >= 11 is 11.2. The lowest BCUT2D eigenvalue weighted by Crippen LogP contribution is -2.38. The third kappa shape index (κ3) is 10.4. The van der Waals surface area contributed by atoms with Crippen molar-refractivity contribution in [2.24, 2.45) is 0 Å². The standard InChI is InChI=1S/C13H25Cl2NO3/c1-3-5-8-18-10-11-19-9-7-16(6-4-2)13(17)12(14)15/h12H,3-11H2,1-2H3. The van der Waals surface area contributed by atoms with Crippen molar-refractivity contribution in [2.75, 3.05) is 39.5 Å². The number of unbranched alkanes of at least 4 members (excludes halogenated alkanes) is 1. The van der Waals surface area contributed by atoms with Gasteiger partial charge in [0.15, 0.2) is 4.84 Å². The van der Waals surface area contributed by atoms with Crippen LogP contribution < -0.4 is 0 Å². The Kier molecular flexibility index (Phi) is 13.0. The van der Waals surface area contributed by atoms with Crippen LogP contribution in [0.5, 0.6) is 0 Å². The van der Waals surface area contributed by atoms with Gasteiger partial charge in [0, 0.05) is 19.7 Å². The summed E-state index contributed by atoms with van der Waals surface area (Å²) in [7, 11) is 0. The molecule has 0 unspecified atom stereocenters. The number of rotatable bonds is 12. The van der Waals surface area contributed by atoms with E-state index in [1.165, 1.54) is 0 Å². The molecule has 0 spiro atoms. The van der Waals surface area contributed by atoms with Crippen LogP contribution in [-0.2, 0) is 14.3 Å². The highest BCUT2D eigenvalue weighted by atomic mass is 35.5. The van der Waals surface area contributed by atoms with Crippen LogP contribution in [-0.4, -0.2) is 55.2 Å². The van der Waals surface area contributed by atoms with Gasteiger partial charge in [0.25, 0.3) is 5.91 Å². The molecule has 4 nitrogen and oxygen atoms in total. The highest BCUT2D eigenvalue weighted by Crippen LogP contribution is 2.07. The van der Waals surface area contributed by atoms with Gasteiger partial charge in [-0.3, -0.25) is 4.79 Å². The van der Waals surface area contributed by atoms with Crippen molar-refractivity contribution in [3.8, 4) is 0 Å². The Morgan fingerprint density at radius 3 is 2.16 bits per heavy atom. The molecule has 0 radical (unpaired) electrons. The monoisotopic (exact) mass is 313 g/mol. The van der Waals surface area contributed by atoms with Gasteiger partial charge in [-0.25, -0.2) is 0 Å². The molecule has 6 heteroatoms. The van der Waals surface area contributed by atoms with Crippen LogP contribution in [0.1, 0.15) is 33.1 Å². The van der Waals surface area contributed by atoms with Crippen LogP contribution in [0.3, 0.4) is 0 Å². The van der Waals surface area contributed by atoms with Crippen molar-refractivity contribution in [1.82, 2.24) is 4.90 Å². The average Bonchev–Trinajstić information content (AvgIpc) is 2.39. The second kappa shape index (κ2) is 13.0. The third-order valence-electron chi connectivity index (χ3n) is 2.51. The van der Waals surface area contributed by atoms with Crippen LogP contribution in [0, 0.1) is 0 Å². The summed E-state index contributed by atoms with van der Waals surface area (Å²) in [5, 5.41) is 0. The van der Waals surface area contributed by atoms with Crippen molar-refractivity contribution in [1.29, 1.82) is 0 Å². The number of hydrogen-bond acceptors (Lipinski definition) is 3. The zero-order valence-electron chi connectivity index (χ0n) is 11.9. The second-order valence-corrected chi connectivity index (χ2v) is 5.30. The second-order valence-electron chi connectivity index (χ2n) is 4.20. The minimum Gasteiger partial charge on any atom is -0.379 e. The Hall–Kier alpha value is -0.0300. The van der Waals surface area contributed by atoms with E-state index in [0.717, 1.165) is 25.9 Å². The quantitative estimate of drug-likeness (QED) is 0.411. The molecule has 0 aliphatic carbocycles. The molecular formula is C13H25Cl2NO3. The zero-order valence-corrected chi connectivity index (χ0v) is 13.4. The zero-order chi connectivity index (χ0) is 14.5. The first-order valence-electron chi connectivity index (χ1n) is 6.85. The normalized spacial score (nSPS) is 11.0. The maximum Gasteiger partial charge on any atom is 0.255 e. The number of alkyl halides is 2. The Morgan fingerprint density at radius 1 is 1.00 bits per heavy atom. The first-order valence-corrected chi connectivity index (χ1v) is 7.73. The van der Waals surface area contributed by atoms with Gasteiger partial charge in [0.2, 0.25) is 0 Å². The summed E-state index contributed by atoms with van der Waals surface area (Å²) < 4.78 is 10.8. The molecule has 0 heterocycles. The van der Waals surface area contributed by atoms with Gasteiger partial charge in [-0.15, -0.1) is 0 Å². The Bertz CT molecular complexity index is 228. The van der Waals surface area contributed by atoms with E-state index in [0.29, 0.717) is 32.9 Å². The Balaban J connectivity index is 3.62. The van der Waals surface area contributed by atoms with Crippen LogP contribution in [0.4, 0.5) is 0 Å². The van der Waals surface area contributed by atoms with Gasteiger partial charge in [0.05, 0.1) is 19.8 Å². The molecule has 114 valence electrons. The van der Waals surface area contributed by atoms with Gasteiger partial charge < -0.3 is 14.4 Å². The summed E-state index contributed by atoms with van der Waals surface area (Å²) in [5.41, 5.74) is 0. The third-order valence-corrected chi connectivity index (χ3v) is 2.89. The van der Waals surface area contributed by atoms with E-state index in [1.54, 1.807) is 4.90 Å². The number of ether oxygens (including phenoxy) is 2. The Labute approximate surface area is 126 Å². The van der Waals surface area contributed by atoms with Crippen molar-refractivity contribution < 1.29 is 14.3 Å². The highest BCUT2D eigenvalue weighted by molar-refractivity contribution is 6.53. The molecule has 0 fully saturated rings. The lowest BCUT2D eigenvalue weighted by molar-refractivity contribution is -0.130. The number of hydrogen-bond donors (Lipinski definition) is 0. The summed E-state index contributed by atoms with van der Waals surface area (Å²) in [6.45, 7) is 7.67. The number of carbonyl (C=O) groups is 1. The SMILES string of the molecule is CCCCOCCOCCN(CCC)C(=O)C(Cl)Cl. The topological polar surface area (TPSA) is 38.8 Å². The Morgan fingerprint density at radius 2 is 1.63 bits per heavy atom. The van der Waals surface area contributed by atoms with E-state index < -0.39 is 4.84 Å². The van der Waals surface area contributed by atoms with Crippen molar-refractivity contribution >= 4 is 29.1 Å². The van der Waals surface area contributed by atoms with Gasteiger partial charge in [-0.2, -0.15) is 0 Å². The predicted molar refractivity (Wildman–Crippen MR) is 78.9 cm³/mol. The molecule has 0 bridgehead atoms. The van der Waals surface area contributed by atoms with Crippen molar-refractivity contribution in [2.45, 2.75) is 37.9 Å². The molecule has 0 aliphatic heterocycles. The number of nitrogens with zero attached hydrogens (tertiary/aromatic N) is 1. The molecule has 0 saturated carbocycles. The molecule has 0 aliphatic rings. The van der Waals surface area contributed by atoms with Crippen LogP contribution in [0.15, 0.2) is 0 Å². The van der Waals surface area contributed by atoms with E-state index in [-0.39, 0.29) is 5.91 Å². The van der Waals surface area contributed by atoms with E-state index in [2.05, 4.69) is 6.92 Å². The molecule has 0 aromatic rings. The van der Waals surface area contributed by atoms with E-state index in [4.69, 9.17) is 32.7 Å². The molecule has 0 atom stereocenters. The van der Waals surface area contributed by atoms with Crippen molar-refractivity contribution in [3.63, 3.8) is 0 Å². The van der Waals surface area contributed by atoms with Gasteiger partial charge in [-0.1, -0.05) is 43.5 Å². The molecule has 1 amide bonds. The molecule has 0 aromatic heterocycles. The lowest BCUT2D eigenvalue weighted by atomic mass is 10.4. The van der Waals surface area contributed by atoms with Crippen LogP contribution >= 0.6 is 23.2 Å². The smallest absolute Gasteiger partial charge is 0.255 e.